The molecule has 0 bridgehead atoms. The second-order valence-electron chi connectivity index (χ2n) is 4.30. The van der Waals surface area contributed by atoms with E-state index in [-0.39, 0.29) is 10.8 Å². The van der Waals surface area contributed by atoms with Crippen LogP contribution in [0.3, 0.4) is 0 Å². The molecular weight excluding hydrogens is 290 g/mol. The summed E-state index contributed by atoms with van der Waals surface area (Å²) in [6.07, 6.45) is 1.98. The smallest absolute Gasteiger partial charge is 0.261 e. The molecule has 7 heteroatoms. The largest absolute Gasteiger partial charge is 0.481 e. The van der Waals surface area contributed by atoms with Gasteiger partial charge in [0, 0.05) is 17.2 Å². The lowest BCUT2D eigenvalue weighted by Gasteiger charge is -2.15. The lowest BCUT2D eigenvalue weighted by atomic mass is 10.2. The second-order valence-corrected chi connectivity index (χ2v) is 6.87. The van der Waals surface area contributed by atoms with Crippen molar-refractivity contribution in [1.29, 1.82) is 0 Å². The zero-order valence-corrected chi connectivity index (χ0v) is 11.7. The Morgan fingerprint density at radius 1 is 1.21 bits per heavy atom. The highest BCUT2D eigenvalue weighted by Gasteiger charge is 2.22. The van der Waals surface area contributed by atoms with Crippen LogP contribution in [0, 0.1) is 0 Å². The van der Waals surface area contributed by atoms with E-state index in [2.05, 4.69) is 5.32 Å². The molecule has 104 valence electrons. The average molecular weight is 304 g/mol. The van der Waals surface area contributed by atoms with Crippen LogP contribution in [0.4, 0.5) is 0 Å². The van der Waals surface area contributed by atoms with Crippen LogP contribution >= 0.6 is 10.7 Å². The van der Waals surface area contributed by atoms with Crippen molar-refractivity contribution in [1.82, 2.24) is 5.32 Å². The van der Waals surface area contributed by atoms with Gasteiger partial charge in [-0.05, 0) is 43.5 Å². The molecule has 0 radical (unpaired) electrons. The molecule has 1 heterocycles. The first-order chi connectivity index (χ1) is 8.97. The summed E-state index contributed by atoms with van der Waals surface area (Å²) >= 11 is 0. The monoisotopic (exact) mass is 303 g/mol. The number of amides is 1. The third kappa shape index (κ3) is 3.84. The molecule has 1 amide bonds. The molecule has 19 heavy (non-hydrogen) atoms. The van der Waals surface area contributed by atoms with Crippen molar-refractivity contribution >= 4 is 25.6 Å². The Hall–Kier alpha value is -1.27. The summed E-state index contributed by atoms with van der Waals surface area (Å²) in [6.45, 7) is 0.669. The van der Waals surface area contributed by atoms with E-state index in [0.29, 0.717) is 18.7 Å². The predicted molar refractivity (Wildman–Crippen MR) is 70.8 cm³/mol. The van der Waals surface area contributed by atoms with Gasteiger partial charge in [-0.15, -0.1) is 0 Å². The Balaban J connectivity index is 2.08. The number of rotatable bonds is 3. The highest BCUT2D eigenvalue weighted by Crippen LogP contribution is 2.21. The van der Waals surface area contributed by atoms with E-state index in [1.54, 1.807) is 0 Å². The molecule has 1 aromatic carbocycles. The van der Waals surface area contributed by atoms with Gasteiger partial charge in [0.15, 0.2) is 6.10 Å². The average Bonchev–Trinajstić information content (AvgIpc) is 2.55. The lowest BCUT2D eigenvalue weighted by Crippen LogP contribution is -2.36. The maximum absolute atomic E-state index is 11.7. The fourth-order valence-corrected chi connectivity index (χ4v) is 2.64. The zero-order valence-electron chi connectivity index (χ0n) is 10.1. The fraction of sp³-hybridized carbons (Fsp3) is 0.417. The van der Waals surface area contributed by atoms with Crippen molar-refractivity contribution in [3.63, 3.8) is 0 Å². The molecule has 0 aromatic heterocycles. The van der Waals surface area contributed by atoms with Gasteiger partial charge in [0.1, 0.15) is 5.75 Å². The number of halogens is 1. The van der Waals surface area contributed by atoms with Crippen LogP contribution in [0.5, 0.6) is 5.75 Å². The summed E-state index contributed by atoms with van der Waals surface area (Å²) in [4.78, 5) is 11.7. The van der Waals surface area contributed by atoms with Gasteiger partial charge in [0.25, 0.3) is 15.0 Å². The number of carbonyl (C=O) groups is 1. The standard InChI is InChI=1S/C12H14ClNO4S/c13-19(16,17)10-6-4-9(5-7-10)18-11-3-1-2-8-14-12(11)15/h4-7,11H,1-3,8H2,(H,14,15). The molecule has 5 nitrogen and oxygen atoms in total. The number of hydrogen-bond donors (Lipinski definition) is 1. The Bertz CT molecular complexity index is 556. The summed E-state index contributed by atoms with van der Waals surface area (Å²) in [5.74, 6) is 0.317. The summed E-state index contributed by atoms with van der Waals surface area (Å²) in [7, 11) is 1.48. The van der Waals surface area contributed by atoms with E-state index in [0.717, 1.165) is 12.8 Å². The molecular formula is C12H14ClNO4S. The summed E-state index contributed by atoms with van der Waals surface area (Å²) in [5.41, 5.74) is 0. The van der Waals surface area contributed by atoms with Gasteiger partial charge in [-0.1, -0.05) is 0 Å². The normalized spacial score (nSPS) is 20.5. The number of benzene rings is 1. The molecule has 1 aliphatic rings. The molecule has 2 rings (SSSR count). The van der Waals surface area contributed by atoms with E-state index < -0.39 is 15.2 Å². The van der Waals surface area contributed by atoms with Crippen LogP contribution in [0.1, 0.15) is 19.3 Å². The van der Waals surface area contributed by atoms with E-state index in [9.17, 15) is 13.2 Å². The molecule has 1 unspecified atom stereocenters. The minimum Gasteiger partial charge on any atom is -0.481 e. The third-order valence-electron chi connectivity index (χ3n) is 2.87. The highest BCUT2D eigenvalue weighted by molar-refractivity contribution is 8.13. The van der Waals surface area contributed by atoms with E-state index in [1.165, 1.54) is 24.3 Å². The number of nitrogens with one attached hydrogen (secondary N) is 1. The fourth-order valence-electron chi connectivity index (χ4n) is 1.87. The van der Waals surface area contributed by atoms with Crippen molar-refractivity contribution in [2.75, 3.05) is 6.54 Å². The molecule has 1 saturated heterocycles. The molecule has 1 aliphatic heterocycles. The maximum atomic E-state index is 11.7. The topological polar surface area (TPSA) is 72.5 Å². The summed E-state index contributed by atoms with van der Waals surface area (Å²) in [5, 5.41) is 2.77. The number of hydrogen-bond acceptors (Lipinski definition) is 4. The van der Waals surface area contributed by atoms with Crippen LogP contribution in [-0.4, -0.2) is 27.0 Å². The Labute approximate surface area is 116 Å². The van der Waals surface area contributed by atoms with Gasteiger partial charge in [0.05, 0.1) is 4.90 Å². The molecule has 0 aliphatic carbocycles. The number of ether oxygens (including phenoxy) is 1. The zero-order chi connectivity index (χ0) is 13.9. The Morgan fingerprint density at radius 3 is 2.53 bits per heavy atom. The summed E-state index contributed by atoms with van der Waals surface area (Å²) in [6, 6.07) is 5.69. The SMILES string of the molecule is O=C1NCCCCC1Oc1ccc(S(=O)(=O)Cl)cc1. The first-order valence-corrected chi connectivity index (χ1v) is 8.27. The molecule has 1 atom stereocenters. The third-order valence-corrected chi connectivity index (χ3v) is 4.24. The predicted octanol–water partition coefficient (Wildman–Crippen LogP) is 1.66. The van der Waals surface area contributed by atoms with Gasteiger partial charge in [-0.25, -0.2) is 8.42 Å². The first-order valence-electron chi connectivity index (χ1n) is 5.96. The lowest BCUT2D eigenvalue weighted by molar-refractivity contribution is -0.127. The molecule has 0 spiro atoms. The van der Waals surface area contributed by atoms with Gasteiger partial charge in [0.2, 0.25) is 0 Å². The molecule has 1 N–H and O–H groups in total. The van der Waals surface area contributed by atoms with Crippen LogP contribution in [0.25, 0.3) is 0 Å². The van der Waals surface area contributed by atoms with E-state index in [4.69, 9.17) is 15.4 Å². The minimum absolute atomic E-state index is 0.00633. The van der Waals surface area contributed by atoms with Gasteiger partial charge in [-0.3, -0.25) is 4.79 Å². The van der Waals surface area contributed by atoms with Crippen LogP contribution < -0.4 is 10.1 Å². The van der Waals surface area contributed by atoms with Crippen molar-refractivity contribution in [2.45, 2.75) is 30.3 Å². The van der Waals surface area contributed by atoms with Crippen molar-refractivity contribution in [3.8, 4) is 5.75 Å². The maximum Gasteiger partial charge on any atom is 0.261 e. The van der Waals surface area contributed by atoms with Crippen molar-refractivity contribution in [3.05, 3.63) is 24.3 Å². The molecule has 0 saturated carbocycles. The quantitative estimate of drug-likeness (QED) is 0.862. The second kappa shape index (κ2) is 5.79. The molecule has 1 fully saturated rings. The van der Waals surface area contributed by atoms with Crippen LogP contribution in [-0.2, 0) is 13.8 Å². The van der Waals surface area contributed by atoms with Gasteiger partial charge in [-0.2, -0.15) is 0 Å². The van der Waals surface area contributed by atoms with Gasteiger partial charge < -0.3 is 10.1 Å². The van der Waals surface area contributed by atoms with Crippen molar-refractivity contribution < 1.29 is 17.9 Å². The first kappa shape index (κ1) is 14.1. The summed E-state index contributed by atoms with van der Waals surface area (Å²) < 4.78 is 27.7. The van der Waals surface area contributed by atoms with Crippen molar-refractivity contribution in [2.24, 2.45) is 0 Å². The molecule has 1 aromatic rings. The van der Waals surface area contributed by atoms with E-state index >= 15 is 0 Å². The minimum atomic E-state index is -3.73. The van der Waals surface area contributed by atoms with Crippen LogP contribution in [0.15, 0.2) is 29.2 Å². The van der Waals surface area contributed by atoms with Crippen LogP contribution in [0.2, 0.25) is 0 Å². The van der Waals surface area contributed by atoms with Gasteiger partial charge >= 0.3 is 0 Å². The van der Waals surface area contributed by atoms with E-state index in [1.807, 2.05) is 0 Å². The Morgan fingerprint density at radius 2 is 1.89 bits per heavy atom. The number of carbonyl (C=O) groups excluding carboxylic acids is 1. The Kier molecular flexibility index (Phi) is 4.31. The highest BCUT2D eigenvalue weighted by atomic mass is 35.7.